The van der Waals surface area contributed by atoms with Crippen molar-refractivity contribution in [3.05, 3.63) is 81.5 Å². The summed E-state index contributed by atoms with van der Waals surface area (Å²) in [4.78, 5) is 26.2. The number of nitrogens with zero attached hydrogens (tertiary/aromatic N) is 1. The number of fused-ring (bicyclic) bond motifs is 1. The van der Waals surface area contributed by atoms with E-state index in [4.69, 9.17) is 4.74 Å². The third kappa shape index (κ3) is 4.13. The van der Waals surface area contributed by atoms with Crippen LogP contribution in [0.5, 0.6) is 0 Å². The zero-order valence-corrected chi connectivity index (χ0v) is 18.7. The van der Waals surface area contributed by atoms with Crippen LogP contribution in [-0.2, 0) is 21.2 Å². The van der Waals surface area contributed by atoms with Gasteiger partial charge in [0, 0.05) is 10.9 Å². The second-order valence-corrected chi connectivity index (χ2v) is 10.5. The van der Waals surface area contributed by atoms with Gasteiger partial charge in [0.1, 0.15) is 0 Å². The van der Waals surface area contributed by atoms with E-state index in [1.165, 1.54) is 39.9 Å². The van der Waals surface area contributed by atoms with Crippen molar-refractivity contribution in [1.29, 1.82) is 0 Å². The van der Waals surface area contributed by atoms with Crippen molar-refractivity contribution in [3.8, 4) is 0 Å². The number of rotatable bonds is 6. The number of hydrogen-bond acceptors (Lipinski definition) is 6. The van der Waals surface area contributed by atoms with E-state index in [1.54, 1.807) is 18.2 Å². The first-order chi connectivity index (χ1) is 14.8. The molecule has 2 heterocycles. The molecule has 0 fully saturated rings. The van der Waals surface area contributed by atoms with Gasteiger partial charge >= 0.3 is 5.97 Å². The van der Waals surface area contributed by atoms with Gasteiger partial charge in [0.25, 0.3) is 10.0 Å². The van der Waals surface area contributed by atoms with Crippen LogP contribution in [0.15, 0.2) is 65.6 Å². The average molecular weight is 456 g/mol. The van der Waals surface area contributed by atoms with Gasteiger partial charge in [-0.25, -0.2) is 13.2 Å². The molecule has 31 heavy (non-hydrogen) atoms. The first-order valence-electron chi connectivity index (χ1n) is 9.76. The number of ether oxygens (including phenoxy) is 1. The van der Waals surface area contributed by atoms with Crippen molar-refractivity contribution in [1.82, 2.24) is 0 Å². The van der Waals surface area contributed by atoms with Gasteiger partial charge in [-0.1, -0.05) is 24.3 Å². The molecule has 0 radical (unpaired) electrons. The van der Waals surface area contributed by atoms with Crippen LogP contribution in [0.1, 0.15) is 37.4 Å². The topological polar surface area (TPSA) is 80.8 Å². The summed E-state index contributed by atoms with van der Waals surface area (Å²) in [6.07, 6.45) is 0.626. The zero-order chi connectivity index (χ0) is 22.2. The number of hydrogen-bond donors (Lipinski definition) is 0. The molecular formula is C23H21NO5S2. The molecule has 6 nitrogen and oxygen atoms in total. The highest BCUT2D eigenvalue weighted by Gasteiger charge is 2.36. The number of esters is 1. The predicted octanol–water partition coefficient (Wildman–Crippen LogP) is 4.24. The maximum absolute atomic E-state index is 13.4. The number of carbonyl (C=O) groups is 2. The highest BCUT2D eigenvalue weighted by molar-refractivity contribution is 7.92. The molecule has 1 aromatic heterocycles. The van der Waals surface area contributed by atoms with Gasteiger partial charge in [-0.05, 0) is 62.2 Å². The van der Waals surface area contributed by atoms with E-state index in [0.29, 0.717) is 17.0 Å². The van der Waals surface area contributed by atoms with Crippen molar-refractivity contribution in [2.75, 3.05) is 10.9 Å². The Kier molecular flexibility index (Phi) is 5.68. The summed E-state index contributed by atoms with van der Waals surface area (Å²) in [6, 6.07) is 16.4. The van der Waals surface area contributed by atoms with Crippen LogP contribution < -0.4 is 4.31 Å². The van der Waals surface area contributed by atoms with Gasteiger partial charge in [-0.15, -0.1) is 11.3 Å². The lowest BCUT2D eigenvalue weighted by Gasteiger charge is -2.24. The van der Waals surface area contributed by atoms with Gasteiger partial charge in [-0.2, -0.15) is 0 Å². The number of thiophene rings is 1. The quantitative estimate of drug-likeness (QED) is 0.410. The number of Topliss-reactive ketones (excluding diaryl/α,β-unsaturated/α-hetero) is 1. The standard InChI is InChI=1S/C23H21NO5S2/c1-15-12-17-6-3-4-9-20(17)24(15)31(27,28)19-8-5-7-18(13-19)23(26)29-14-21(25)22-11-10-16(2)30-22/h3-11,13,15H,12,14H2,1-2H3. The minimum absolute atomic E-state index is 0.00529. The number of anilines is 1. The normalized spacial score (nSPS) is 15.5. The van der Waals surface area contributed by atoms with Gasteiger partial charge in [0.2, 0.25) is 5.78 Å². The van der Waals surface area contributed by atoms with Crippen LogP contribution >= 0.6 is 11.3 Å². The van der Waals surface area contributed by atoms with E-state index in [2.05, 4.69) is 0 Å². The molecule has 0 amide bonds. The van der Waals surface area contributed by atoms with Crippen molar-refractivity contribution in [2.45, 2.75) is 31.2 Å². The molecule has 3 aromatic rings. The molecule has 1 unspecified atom stereocenters. The van der Waals surface area contributed by atoms with E-state index < -0.39 is 22.6 Å². The molecule has 1 aliphatic rings. The number of ketones is 1. The van der Waals surface area contributed by atoms with Crippen LogP contribution in [0.25, 0.3) is 0 Å². The predicted molar refractivity (Wildman–Crippen MR) is 119 cm³/mol. The Morgan fingerprint density at radius 3 is 2.61 bits per heavy atom. The Hall–Kier alpha value is -2.97. The molecule has 160 valence electrons. The summed E-state index contributed by atoms with van der Waals surface area (Å²) in [5.41, 5.74) is 1.70. The minimum Gasteiger partial charge on any atom is -0.454 e. The molecule has 0 saturated carbocycles. The molecule has 1 aliphatic heterocycles. The molecule has 0 N–H and O–H groups in total. The van der Waals surface area contributed by atoms with Gasteiger partial charge in [0.15, 0.2) is 6.61 Å². The molecule has 1 atom stereocenters. The van der Waals surface area contributed by atoms with E-state index >= 15 is 0 Å². The Balaban J connectivity index is 1.54. The van der Waals surface area contributed by atoms with Crippen LogP contribution in [-0.4, -0.2) is 32.8 Å². The second-order valence-electron chi connectivity index (χ2n) is 7.42. The Morgan fingerprint density at radius 1 is 1.10 bits per heavy atom. The lowest BCUT2D eigenvalue weighted by Crippen LogP contribution is -2.35. The summed E-state index contributed by atoms with van der Waals surface area (Å²) in [7, 11) is -3.87. The van der Waals surface area contributed by atoms with Crippen LogP contribution in [0.2, 0.25) is 0 Å². The second kappa shape index (κ2) is 8.28. The number of aryl methyl sites for hydroxylation is 1. The largest absolute Gasteiger partial charge is 0.454 e. The first-order valence-corrected chi connectivity index (χ1v) is 12.0. The summed E-state index contributed by atoms with van der Waals surface area (Å²) in [5, 5.41) is 0. The maximum Gasteiger partial charge on any atom is 0.338 e. The number of sulfonamides is 1. The van der Waals surface area contributed by atoms with E-state index in [9.17, 15) is 18.0 Å². The summed E-state index contributed by atoms with van der Waals surface area (Å²) < 4.78 is 33.2. The van der Waals surface area contributed by atoms with Crippen molar-refractivity contribution < 1.29 is 22.7 Å². The molecule has 2 aromatic carbocycles. The third-order valence-electron chi connectivity index (χ3n) is 5.12. The number of para-hydroxylation sites is 1. The molecule has 0 saturated heterocycles. The van der Waals surface area contributed by atoms with E-state index in [0.717, 1.165) is 10.4 Å². The lowest BCUT2D eigenvalue weighted by atomic mass is 10.1. The fraction of sp³-hybridized carbons (Fsp3) is 0.217. The van der Waals surface area contributed by atoms with Crippen LogP contribution in [0, 0.1) is 6.92 Å². The molecule has 0 spiro atoms. The van der Waals surface area contributed by atoms with Crippen molar-refractivity contribution in [2.24, 2.45) is 0 Å². The molecule has 0 bridgehead atoms. The highest BCUT2D eigenvalue weighted by Crippen LogP contribution is 2.36. The Bertz CT molecular complexity index is 1260. The van der Waals surface area contributed by atoms with Gasteiger partial charge < -0.3 is 4.74 Å². The van der Waals surface area contributed by atoms with Crippen LogP contribution in [0.4, 0.5) is 5.69 Å². The van der Waals surface area contributed by atoms with E-state index in [-0.39, 0.29) is 22.3 Å². The zero-order valence-electron chi connectivity index (χ0n) is 17.1. The lowest BCUT2D eigenvalue weighted by molar-refractivity contribution is 0.0475. The fourth-order valence-electron chi connectivity index (χ4n) is 3.67. The highest BCUT2D eigenvalue weighted by atomic mass is 32.2. The number of benzene rings is 2. The summed E-state index contributed by atoms with van der Waals surface area (Å²) >= 11 is 1.33. The first kappa shape index (κ1) is 21.3. The SMILES string of the molecule is Cc1ccc(C(=O)COC(=O)c2cccc(S(=O)(=O)N3c4ccccc4CC3C)c2)s1. The molecular weight excluding hydrogens is 434 g/mol. The van der Waals surface area contributed by atoms with Gasteiger partial charge in [0.05, 0.1) is 21.0 Å². The minimum atomic E-state index is -3.87. The molecule has 8 heteroatoms. The molecule has 0 aliphatic carbocycles. The maximum atomic E-state index is 13.4. The van der Waals surface area contributed by atoms with Crippen molar-refractivity contribution >= 4 is 38.8 Å². The van der Waals surface area contributed by atoms with Gasteiger partial charge in [-0.3, -0.25) is 9.10 Å². The fourth-order valence-corrected chi connectivity index (χ4v) is 6.20. The Morgan fingerprint density at radius 2 is 1.87 bits per heavy atom. The summed E-state index contributed by atoms with van der Waals surface area (Å²) in [6.45, 7) is 3.35. The third-order valence-corrected chi connectivity index (χ3v) is 8.09. The average Bonchev–Trinajstić information content (AvgIpc) is 3.34. The smallest absolute Gasteiger partial charge is 0.338 e. The monoisotopic (exact) mass is 455 g/mol. The number of carbonyl (C=O) groups excluding carboxylic acids is 2. The molecule has 4 rings (SSSR count). The van der Waals surface area contributed by atoms with E-state index in [1.807, 2.05) is 32.0 Å². The van der Waals surface area contributed by atoms with Crippen molar-refractivity contribution in [3.63, 3.8) is 0 Å². The summed E-state index contributed by atoms with van der Waals surface area (Å²) in [5.74, 6) is -1.04. The Labute approximate surface area is 185 Å². The van der Waals surface area contributed by atoms with Crippen LogP contribution in [0.3, 0.4) is 0 Å².